The molecule has 0 N–H and O–H groups in total. The Kier molecular flexibility index (Phi) is 5.55. The Morgan fingerprint density at radius 2 is 1.61 bits per heavy atom. The van der Waals surface area contributed by atoms with Gasteiger partial charge in [-0.05, 0) is 31.2 Å². The zero-order chi connectivity index (χ0) is 25.6. The molecule has 1 atom stereocenters. The van der Waals surface area contributed by atoms with Crippen LogP contribution in [0.1, 0.15) is 24.5 Å². The van der Waals surface area contributed by atoms with Crippen molar-refractivity contribution in [1.29, 1.82) is 0 Å². The first-order valence-corrected chi connectivity index (χ1v) is 11.2. The van der Waals surface area contributed by atoms with Crippen LogP contribution < -0.4 is 9.80 Å². The predicted octanol–water partition coefficient (Wildman–Crippen LogP) is 3.06. The highest BCUT2D eigenvalue weighted by Gasteiger charge is 2.56. The van der Waals surface area contributed by atoms with Crippen molar-refractivity contribution in [2.75, 3.05) is 22.9 Å². The van der Waals surface area contributed by atoms with E-state index in [2.05, 4.69) is 16.9 Å². The third-order valence-corrected chi connectivity index (χ3v) is 6.45. The first-order chi connectivity index (χ1) is 17.2. The van der Waals surface area contributed by atoms with Crippen molar-refractivity contribution in [2.24, 2.45) is 7.05 Å². The molecule has 2 saturated heterocycles. The molecule has 8 nitrogen and oxygen atoms in total. The van der Waals surface area contributed by atoms with Crippen LogP contribution in [0.25, 0.3) is 0 Å². The van der Waals surface area contributed by atoms with E-state index in [-0.39, 0.29) is 18.7 Å². The van der Waals surface area contributed by atoms with Gasteiger partial charge in [0.1, 0.15) is 17.0 Å². The summed E-state index contributed by atoms with van der Waals surface area (Å²) in [5.74, 6) is 2.48. The highest BCUT2D eigenvalue weighted by atomic mass is 19.1. The molecule has 4 amide bonds. The Labute approximate surface area is 205 Å². The molecule has 2 aliphatic heterocycles. The van der Waals surface area contributed by atoms with E-state index in [4.69, 9.17) is 0 Å². The number of benzene rings is 2. The molecule has 0 spiro atoms. The van der Waals surface area contributed by atoms with Gasteiger partial charge in [0.15, 0.2) is 11.6 Å². The molecule has 36 heavy (non-hydrogen) atoms. The lowest BCUT2D eigenvalue weighted by Crippen LogP contribution is -2.73. The minimum Gasteiger partial charge on any atom is -0.307 e. The molecular weight excluding hydrogens is 468 g/mol. The van der Waals surface area contributed by atoms with Crippen LogP contribution in [0.2, 0.25) is 0 Å². The number of anilines is 2. The van der Waals surface area contributed by atoms with E-state index < -0.39 is 47.1 Å². The number of rotatable bonds is 2. The molecule has 182 valence electrons. The fourth-order valence-corrected chi connectivity index (χ4v) is 4.62. The number of piperazine rings is 1. The molecular formula is C26H21F2N5O3. The van der Waals surface area contributed by atoms with E-state index >= 15 is 8.78 Å². The van der Waals surface area contributed by atoms with Crippen LogP contribution >= 0.6 is 0 Å². The zero-order valence-corrected chi connectivity index (χ0v) is 19.5. The lowest BCUT2D eigenvalue weighted by Gasteiger charge is -2.51. The van der Waals surface area contributed by atoms with Crippen LogP contribution in [0.15, 0.2) is 54.7 Å². The second-order valence-corrected chi connectivity index (χ2v) is 8.79. The lowest BCUT2D eigenvalue weighted by atomic mass is 9.88. The van der Waals surface area contributed by atoms with Crippen LogP contribution in [0, 0.1) is 23.5 Å². The number of aromatic nitrogens is 2. The number of halogens is 2. The van der Waals surface area contributed by atoms with Crippen molar-refractivity contribution in [2.45, 2.75) is 18.9 Å². The summed E-state index contributed by atoms with van der Waals surface area (Å²) in [5.41, 5.74) is -1.56. The number of imide groups is 1. The van der Waals surface area contributed by atoms with Crippen molar-refractivity contribution in [1.82, 2.24) is 14.7 Å². The molecule has 5 rings (SSSR count). The van der Waals surface area contributed by atoms with Crippen LogP contribution in [-0.2, 0) is 16.6 Å². The van der Waals surface area contributed by atoms with Crippen molar-refractivity contribution >= 4 is 29.4 Å². The van der Waals surface area contributed by atoms with E-state index in [0.717, 1.165) is 12.1 Å². The van der Waals surface area contributed by atoms with E-state index in [1.807, 2.05) is 6.07 Å². The standard InChI is InChI=1S/C26H21F2N5O3/c1-26-16-22(34)33(25(36)32(26)13-12-31(24(26)35)21-10-11-29-30(21)2)23-19(27)14-18(15-20(23)28)9-8-17-6-4-3-5-7-17/h3-7,10-11,14-15H,12-13,16H2,1-2H3. The quantitative estimate of drug-likeness (QED) is 0.519. The predicted molar refractivity (Wildman–Crippen MR) is 127 cm³/mol. The van der Waals surface area contributed by atoms with Gasteiger partial charge in [-0.3, -0.25) is 19.2 Å². The fourth-order valence-electron chi connectivity index (χ4n) is 4.62. The number of aryl methyl sites for hydroxylation is 1. The molecule has 2 aliphatic rings. The summed E-state index contributed by atoms with van der Waals surface area (Å²) in [5, 5.41) is 4.07. The Balaban J connectivity index is 1.45. The number of carbonyl (C=O) groups is 3. The summed E-state index contributed by atoms with van der Waals surface area (Å²) in [7, 11) is 1.68. The van der Waals surface area contributed by atoms with Gasteiger partial charge in [0.2, 0.25) is 5.91 Å². The topological polar surface area (TPSA) is 78.8 Å². The maximum atomic E-state index is 15.1. The SMILES string of the molecule is Cn1nccc1N1CCN2C(=O)N(c3c(F)cc(C#Cc4ccccc4)cc3F)C(=O)CC2(C)C1=O. The highest BCUT2D eigenvalue weighted by Crippen LogP contribution is 2.37. The van der Waals surface area contributed by atoms with Crippen LogP contribution in [-0.4, -0.2) is 51.2 Å². The Morgan fingerprint density at radius 1 is 0.944 bits per heavy atom. The molecule has 1 unspecified atom stereocenters. The van der Waals surface area contributed by atoms with Crippen molar-refractivity contribution in [3.05, 3.63) is 77.5 Å². The summed E-state index contributed by atoms with van der Waals surface area (Å²) < 4.78 is 31.7. The summed E-state index contributed by atoms with van der Waals surface area (Å²) in [6.07, 6.45) is 1.11. The van der Waals surface area contributed by atoms with Gasteiger partial charge in [0.05, 0.1) is 12.6 Å². The Bertz CT molecular complexity index is 1440. The van der Waals surface area contributed by atoms with Crippen molar-refractivity contribution in [3.63, 3.8) is 0 Å². The molecule has 3 aromatic rings. The van der Waals surface area contributed by atoms with Gasteiger partial charge in [0.25, 0.3) is 5.91 Å². The van der Waals surface area contributed by atoms with Gasteiger partial charge in [-0.2, -0.15) is 5.10 Å². The smallest absolute Gasteiger partial charge is 0.307 e. The number of nitrogens with zero attached hydrogens (tertiary/aromatic N) is 5. The summed E-state index contributed by atoms with van der Waals surface area (Å²) >= 11 is 0. The number of hydrogen-bond acceptors (Lipinski definition) is 4. The third kappa shape index (κ3) is 3.69. The number of hydrogen-bond donors (Lipinski definition) is 0. The molecule has 1 aromatic heterocycles. The largest absolute Gasteiger partial charge is 0.332 e. The van der Waals surface area contributed by atoms with Gasteiger partial charge in [-0.1, -0.05) is 30.0 Å². The van der Waals surface area contributed by atoms with E-state index in [1.54, 1.807) is 37.4 Å². The summed E-state index contributed by atoms with van der Waals surface area (Å²) in [6, 6.07) is 11.6. The van der Waals surface area contributed by atoms with E-state index in [0.29, 0.717) is 16.3 Å². The van der Waals surface area contributed by atoms with E-state index in [9.17, 15) is 14.4 Å². The third-order valence-electron chi connectivity index (χ3n) is 6.45. The Hall–Kier alpha value is -4.52. The molecule has 0 saturated carbocycles. The molecule has 0 aliphatic carbocycles. The molecule has 0 bridgehead atoms. The van der Waals surface area contributed by atoms with Crippen LogP contribution in [0.5, 0.6) is 0 Å². The minimum atomic E-state index is -1.50. The second-order valence-electron chi connectivity index (χ2n) is 8.79. The molecule has 0 radical (unpaired) electrons. The Morgan fingerprint density at radius 3 is 2.25 bits per heavy atom. The van der Waals surface area contributed by atoms with Gasteiger partial charge in [-0.25, -0.2) is 18.5 Å². The van der Waals surface area contributed by atoms with Gasteiger partial charge in [0, 0.05) is 37.3 Å². The van der Waals surface area contributed by atoms with E-state index in [1.165, 1.54) is 27.6 Å². The maximum Gasteiger partial charge on any atom is 0.332 e. The molecule has 2 fully saturated rings. The van der Waals surface area contributed by atoms with Crippen molar-refractivity contribution in [3.8, 4) is 11.8 Å². The first-order valence-electron chi connectivity index (χ1n) is 11.2. The van der Waals surface area contributed by atoms with Crippen LogP contribution in [0.3, 0.4) is 0 Å². The number of urea groups is 1. The summed E-state index contributed by atoms with van der Waals surface area (Å²) in [6.45, 7) is 1.70. The molecule has 2 aromatic carbocycles. The maximum absolute atomic E-state index is 15.1. The van der Waals surface area contributed by atoms with Gasteiger partial charge in [-0.15, -0.1) is 0 Å². The molecule has 3 heterocycles. The number of carbonyl (C=O) groups excluding carboxylic acids is 3. The number of fused-ring (bicyclic) bond motifs is 1. The normalized spacial score (nSPS) is 19.8. The van der Waals surface area contributed by atoms with Crippen molar-refractivity contribution < 1.29 is 23.2 Å². The monoisotopic (exact) mass is 489 g/mol. The first kappa shape index (κ1) is 23.2. The zero-order valence-electron chi connectivity index (χ0n) is 19.5. The fraction of sp³-hybridized carbons (Fsp3) is 0.231. The highest BCUT2D eigenvalue weighted by molar-refractivity contribution is 6.20. The van der Waals surface area contributed by atoms with Gasteiger partial charge < -0.3 is 4.90 Å². The second kappa shape index (κ2) is 8.61. The van der Waals surface area contributed by atoms with Crippen LogP contribution in [0.4, 0.5) is 25.1 Å². The van der Waals surface area contributed by atoms with Gasteiger partial charge >= 0.3 is 6.03 Å². The average Bonchev–Trinajstić information content (AvgIpc) is 3.26. The summed E-state index contributed by atoms with van der Waals surface area (Å²) in [4.78, 5) is 43.0. The minimum absolute atomic E-state index is 0.0549. The lowest BCUT2D eigenvalue weighted by molar-refractivity contribution is -0.137. The number of amides is 4. The average molecular weight is 489 g/mol. The molecule has 10 heteroatoms.